The summed E-state index contributed by atoms with van der Waals surface area (Å²) >= 11 is 0. The molecule has 0 spiro atoms. The van der Waals surface area contributed by atoms with Gasteiger partial charge in [-0.1, -0.05) is 0 Å². The minimum absolute atomic E-state index is 0. The van der Waals surface area contributed by atoms with Gasteiger partial charge in [0.15, 0.2) is 0 Å². The van der Waals surface area contributed by atoms with Crippen LogP contribution < -0.4 is 11.4 Å². The predicted octanol–water partition coefficient (Wildman–Crippen LogP) is -0.969. The summed E-state index contributed by atoms with van der Waals surface area (Å²) < 4.78 is 1.45. The Bertz CT molecular complexity index is 266. The number of hydrogen-bond donors (Lipinski definition) is 2. The molecule has 11 heavy (non-hydrogen) atoms. The van der Waals surface area contributed by atoms with E-state index in [4.69, 9.17) is 5.73 Å². The molecule has 3 N–H and O–H groups in total. The first-order chi connectivity index (χ1) is 4.75. The summed E-state index contributed by atoms with van der Waals surface area (Å²) in [7, 11) is 1.66. The number of H-pyrrole nitrogens is 1. The molecular formula is C5H11ClN4O. The van der Waals surface area contributed by atoms with E-state index in [-0.39, 0.29) is 18.1 Å². The Balaban J connectivity index is 0.000001000. The van der Waals surface area contributed by atoms with Crippen LogP contribution >= 0.6 is 12.4 Å². The standard InChI is InChI=1S/C5H10N4O.ClH/c1-9-4(2-3-6)7-8-5(9)10;/h2-3,6H2,1H3,(H,8,10);1H. The van der Waals surface area contributed by atoms with E-state index in [2.05, 4.69) is 10.2 Å². The van der Waals surface area contributed by atoms with Gasteiger partial charge in [0.2, 0.25) is 0 Å². The summed E-state index contributed by atoms with van der Waals surface area (Å²) in [6.45, 7) is 0.512. The lowest BCUT2D eigenvalue weighted by Gasteiger charge is -1.93. The predicted molar refractivity (Wildman–Crippen MR) is 43.8 cm³/mol. The minimum Gasteiger partial charge on any atom is -0.330 e. The number of rotatable bonds is 2. The molecule has 6 heteroatoms. The highest BCUT2D eigenvalue weighted by atomic mass is 35.5. The van der Waals surface area contributed by atoms with Gasteiger partial charge in [-0.05, 0) is 6.54 Å². The lowest BCUT2D eigenvalue weighted by molar-refractivity contribution is 0.761. The molecule has 1 rings (SSSR count). The molecule has 0 unspecified atom stereocenters. The van der Waals surface area contributed by atoms with Crippen LogP contribution in [-0.2, 0) is 13.5 Å². The molecule has 1 aromatic heterocycles. The summed E-state index contributed by atoms with van der Waals surface area (Å²) in [6.07, 6.45) is 0.634. The van der Waals surface area contributed by atoms with Gasteiger partial charge in [-0.15, -0.1) is 12.4 Å². The lowest BCUT2D eigenvalue weighted by atomic mass is 10.4. The van der Waals surface area contributed by atoms with Crippen molar-refractivity contribution in [2.45, 2.75) is 6.42 Å². The van der Waals surface area contributed by atoms with E-state index in [9.17, 15) is 4.79 Å². The van der Waals surface area contributed by atoms with Crippen molar-refractivity contribution in [3.05, 3.63) is 16.3 Å². The van der Waals surface area contributed by atoms with Gasteiger partial charge in [0.05, 0.1) is 0 Å². The summed E-state index contributed by atoms with van der Waals surface area (Å²) in [6, 6.07) is 0. The number of halogens is 1. The maximum atomic E-state index is 10.7. The first-order valence-electron chi connectivity index (χ1n) is 3.06. The maximum absolute atomic E-state index is 10.7. The van der Waals surface area contributed by atoms with Gasteiger partial charge in [0, 0.05) is 13.5 Å². The molecule has 0 bridgehead atoms. The summed E-state index contributed by atoms with van der Waals surface area (Å²) in [5.41, 5.74) is 5.08. The second-order valence-corrected chi connectivity index (χ2v) is 2.04. The van der Waals surface area contributed by atoms with E-state index in [0.717, 1.165) is 0 Å². The zero-order valence-electron chi connectivity index (χ0n) is 6.20. The van der Waals surface area contributed by atoms with Gasteiger partial charge in [0.1, 0.15) is 5.82 Å². The Morgan fingerprint density at radius 3 is 2.73 bits per heavy atom. The van der Waals surface area contributed by atoms with E-state index >= 15 is 0 Å². The fourth-order valence-corrected chi connectivity index (χ4v) is 0.732. The molecule has 64 valence electrons. The van der Waals surface area contributed by atoms with Crippen molar-refractivity contribution in [3.8, 4) is 0 Å². The average Bonchev–Trinajstić information content (AvgIpc) is 2.20. The molecule has 0 atom stereocenters. The van der Waals surface area contributed by atoms with Gasteiger partial charge in [-0.2, -0.15) is 5.10 Å². The highest BCUT2D eigenvalue weighted by Crippen LogP contribution is 1.85. The van der Waals surface area contributed by atoms with Gasteiger partial charge < -0.3 is 5.73 Å². The van der Waals surface area contributed by atoms with Crippen LogP contribution in [0.2, 0.25) is 0 Å². The highest BCUT2D eigenvalue weighted by Gasteiger charge is 2.00. The van der Waals surface area contributed by atoms with E-state index in [1.807, 2.05) is 0 Å². The molecule has 0 amide bonds. The van der Waals surface area contributed by atoms with E-state index in [1.54, 1.807) is 7.05 Å². The number of nitrogens with zero attached hydrogens (tertiary/aromatic N) is 2. The quantitative estimate of drug-likeness (QED) is 0.612. The summed E-state index contributed by atoms with van der Waals surface area (Å²) in [5.74, 6) is 0.701. The first-order valence-corrected chi connectivity index (χ1v) is 3.06. The lowest BCUT2D eigenvalue weighted by Crippen LogP contribution is -2.16. The van der Waals surface area contributed by atoms with E-state index in [1.165, 1.54) is 4.57 Å². The van der Waals surface area contributed by atoms with Crippen molar-refractivity contribution >= 4 is 12.4 Å². The second-order valence-electron chi connectivity index (χ2n) is 2.04. The number of aromatic amines is 1. The molecule has 0 aromatic carbocycles. The molecule has 0 radical (unpaired) electrons. The maximum Gasteiger partial charge on any atom is 0.343 e. The van der Waals surface area contributed by atoms with Crippen LogP contribution in [0.15, 0.2) is 4.79 Å². The zero-order chi connectivity index (χ0) is 7.56. The summed E-state index contributed by atoms with van der Waals surface area (Å²) in [4.78, 5) is 10.7. The molecule has 1 heterocycles. The Morgan fingerprint density at radius 2 is 2.36 bits per heavy atom. The van der Waals surface area contributed by atoms with Gasteiger partial charge >= 0.3 is 5.69 Å². The third-order valence-electron chi connectivity index (χ3n) is 1.34. The van der Waals surface area contributed by atoms with Gasteiger partial charge in [-0.3, -0.25) is 4.57 Å². The monoisotopic (exact) mass is 178 g/mol. The minimum atomic E-state index is -0.191. The smallest absolute Gasteiger partial charge is 0.330 e. The molecule has 5 nitrogen and oxygen atoms in total. The normalized spacial score (nSPS) is 9.27. The molecule has 0 saturated heterocycles. The number of nitrogens with two attached hydrogens (primary N) is 1. The number of hydrogen-bond acceptors (Lipinski definition) is 3. The fraction of sp³-hybridized carbons (Fsp3) is 0.600. The third-order valence-corrected chi connectivity index (χ3v) is 1.34. The van der Waals surface area contributed by atoms with Gasteiger partial charge in [-0.25, -0.2) is 9.89 Å². The van der Waals surface area contributed by atoms with Crippen molar-refractivity contribution in [3.63, 3.8) is 0 Å². The van der Waals surface area contributed by atoms with Crippen LogP contribution in [0.5, 0.6) is 0 Å². The average molecular weight is 179 g/mol. The van der Waals surface area contributed by atoms with E-state index in [0.29, 0.717) is 18.8 Å². The Hall–Kier alpha value is -0.810. The molecule has 0 saturated carbocycles. The summed E-state index contributed by atoms with van der Waals surface area (Å²) in [5, 5.41) is 6.07. The Labute approximate surface area is 70.0 Å². The second kappa shape index (κ2) is 4.15. The molecule has 0 aliphatic heterocycles. The van der Waals surface area contributed by atoms with Crippen molar-refractivity contribution in [1.29, 1.82) is 0 Å². The molecular weight excluding hydrogens is 168 g/mol. The SMILES string of the molecule is Cl.Cn1c(CCN)n[nH]c1=O. The van der Waals surface area contributed by atoms with Crippen molar-refractivity contribution in [2.75, 3.05) is 6.54 Å². The first kappa shape index (κ1) is 10.2. The molecule has 0 aliphatic carbocycles. The molecule has 0 aliphatic rings. The zero-order valence-corrected chi connectivity index (χ0v) is 7.02. The van der Waals surface area contributed by atoms with Crippen LogP contribution in [0.25, 0.3) is 0 Å². The third kappa shape index (κ3) is 2.06. The number of aromatic nitrogens is 3. The van der Waals surface area contributed by atoms with Crippen LogP contribution in [0.1, 0.15) is 5.82 Å². The van der Waals surface area contributed by atoms with Crippen LogP contribution in [0.4, 0.5) is 0 Å². The fourth-order valence-electron chi connectivity index (χ4n) is 0.732. The van der Waals surface area contributed by atoms with Crippen LogP contribution in [0, 0.1) is 0 Å². The van der Waals surface area contributed by atoms with Crippen LogP contribution in [0.3, 0.4) is 0 Å². The Morgan fingerprint density at radius 1 is 1.73 bits per heavy atom. The Kier molecular flexibility index (Phi) is 3.84. The van der Waals surface area contributed by atoms with Crippen molar-refractivity contribution in [1.82, 2.24) is 14.8 Å². The van der Waals surface area contributed by atoms with Crippen molar-refractivity contribution in [2.24, 2.45) is 12.8 Å². The number of nitrogens with one attached hydrogen (secondary N) is 1. The molecule has 1 aromatic rings. The largest absolute Gasteiger partial charge is 0.343 e. The molecule has 0 fully saturated rings. The van der Waals surface area contributed by atoms with Gasteiger partial charge in [0.25, 0.3) is 0 Å². The topological polar surface area (TPSA) is 76.7 Å². The van der Waals surface area contributed by atoms with E-state index < -0.39 is 0 Å². The van der Waals surface area contributed by atoms with Crippen molar-refractivity contribution < 1.29 is 0 Å². The highest BCUT2D eigenvalue weighted by molar-refractivity contribution is 5.85. The van der Waals surface area contributed by atoms with Crippen LogP contribution in [-0.4, -0.2) is 21.3 Å².